The van der Waals surface area contributed by atoms with Gasteiger partial charge >= 0.3 is 0 Å². The summed E-state index contributed by atoms with van der Waals surface area (Å²) in [7, 11) is 1.82. The molecule has 0 aliphatic carbocycles. The first-order valence-electron chi connectivity index (χ1n) is 7.88. The smallest absolute Gasteiger partial charge is 0.190 e. The highest BCUT2D eigenvalue weighted by atomic mass is 15.2. The summed E-state index contributed by atoms with van der Waals surface area (Å²) >= 11 is 0. The van der Waals surface area contributed by atoms with Crippen LogP contribution in [-0.4, -0.2) is 55.6 Å². The first-order valence-corrected chi connectivity index (χ1v) is 7.88. The molecule has 0 amide bonds. The number of aromatic nitrogens is 1. The molecule has 0 spiro atoms. The summed E-state index contributed by atoms with van der Waals surface area (Å²) in [6.07, 6.45) is 4.03. The Morgan fingerprint density at radius 3 is 3.00 bits per heavy atom. The van der Waals surface area contributed by atoms with E-state index in [2.05, 4.69) is 38.5 Å². The Balaban J connectivity index is 1.64. The minimum atomic E-state index is 0.735. The van der Waals surface area contributed by atoms with Crippen LogP contribution in [-0.2, 0) is 6.42 Å². The molecule has 1 saturated heterocycles. The molecule has 1 atom stereocenters. The lowest BCUT2D eigenvalue weighted by Gasteiger charge is -2.16. The van der Waals surface area contributed by atoms with Crippen molar-refractivity contribution < 1.29 is 0 Å². The van der Waals surface area contributed by atoms with Crippen molar-refractivity contribution in [2.45, 2.75) is 19.8 Å². The van der Waals surface area contributed by atoms with E-state index in [1.165, 1.54) is 19.5 Å². The highest BCUT2D eigenvalue weighted by Gasteiger charge is 2.20. The minimum absolute atomic E-state index is 0.735. The predicted molar refractivity (Wildman–Crippen MR) is 87.5 cm³/mol. The van der Waals surface area contributed by atoms with Crippen LogP contribution < -0.4 is 10.6 Å². The molecule has 1 fully saturated rings. The van der Waals surface area contributed by atoms with Crippen LogP contribution >= 0.6 is 0 Å². The van der Waals surface area contributed by atoms with E-state index in [4.69, 9.17) is 0 Å². The molecule has 5 heteroatoms. The third-order valence-electron chi connectivity index (χ3n) is 4.00. The minimum Gasteiger partial charge on any atom is -0.356 e. The van der Waals surface area contributed by atoms with Gasteiger partial charge < -0.3 is 15.5 Å². The van der Waals surface area contributed by atoms with Gasteiger partial charge in [-0.2, -0.15) is 0 Å². The molecule has 1 aromatic heterocycles. The van der Waals surface area contributed by atoms with Gasteiger partial charge in [-0.05, 0) is 37.6 Å². The average molecular weight is 289 g/mol. The second kappa shape index (κ2) is 8.62. The Bertz CT molecular complexity index is 432. The molecule has 0 bridgehead atoms. The summed E-state index contributed by atoms with van der Waals surface area (Å²) in [4.78, 5) is 11.1. The number of nitrogens with one attached hydrogen (secondary N) is 2. The number of nitrogens with zero attached hydrogens (tertiary/aromatic N) is 3. The highest BCUT2D eigenvalue weighted by Crippen LogP contribution is 2.14. The topological polar surface area (TPSA) is 52.5 Å². The number of hydrogen-bond donors (Lipinski definition) is 2. The zero-order valence-corrected chi connectivity index (χ0v) is 13.2. The van der Waals surface area contributed by atoms with Crippen molar-refractivity contribution >= 4 is 5.96 Å². The maximum Gasteiger partial charge on any atom is 0.190 e. The predicted octanol–water partition coefficient (Wildman–Crippen LogP) is 1.13. The van der Waals surface area contributed by atoms with Gasteiger partial charge in [0.2, 0.25) is 0 Å². The summed E-state index contributed by atoms with van der Waals surface area (Å²) in [6.45, 7) is 7.67. The molecule has 21 heavy (non-hydrogen) atoms. The summed E-state index contributed by atoms with van der Waals surface area (Å²) < 4.78 is 0. The SMILES string of the molecule is CCN1CCC(CNC(=NC)NCCc2ccccn2)C1. The van der Waals surface area contributed by atoms with E-state index in [0.29, 0.717) is 0 Å². The molecule has 1 aromatic rings. The van der Waals surface area contributed by atoms with Gasteiger partial charge in [-0.1, -0.05) is 13.0 Å². The molecular formula is C16H27N5. The van der Waals surface area contributed by atoms with Crippen molar-refractivity contribution in [1.29, 1.82) is 0 Å². The first kappa shape index (κ1) is 15.8. The van der Waals surface area contributed by atoms with Crippen molar-refractivity contribution in [1.82, 2.24) is 20.5 Å². The van der Waals surface area contributed by atoms with Crippen molar-refractivity contribution in [3.05, 3.63) is 30.1 Å². The quantitative estimate of drug-likeness (QED) is 0.609. The summed E-state index contributed by atoms with van der Waals surface area (Å²) in [6, 6.07) is 6.02. The lowest BCUT2D eigenvalue weighted by molar-refractivity contribution is 0.342. The maximum absolute atomic E-state index is 4.32. The van der Waals surface area contributed by atoms with Gasteiger partial charge in [0.05, 0.1) is 0 Å². The molecule has 0 radical (unpaired) electrons. The maximum atomic E-state index is 4.32. The van der Waals surface area contributed by atoms with Crippen LogP contribution in [0.25, 0.3) is 0 Å². The zero-order chi connectivity index (χ0) is 14.9. The van der Waals surface area contributed by atoms with Crippen molar-refractivity contribution in [2.75, 3.05) is 39.8 Å². The third kappa shape index (κ3) is 5.34. The van der Waals surface area contributed by atoms with E-state index in [9.17, 15) is 0 Å². The lowest BCUT2D eigenvalue weighted by Crippen LogP contribution is -2.41. The van der Waals surface area contributed by atoms with E-state index < -0.39 is 0 Å². The van der Waals surface area contributed by atoms with Crippen LogP contribution in [0.1, 0.15) is 19.0 Å². The molecular weight excluding hydrogens is 262 g/mol. The van der Waals surface area contributed by atoms with Gasteiger partial charge in [0.15, 0.2) is 5.96 Å². The summed E-state index contributed by atoms with van der Waals surface area (Å²) in [5.74, 6) is 1.63. The molecule has 2 heterocycles. The number of hydrogen-bond acceptors (Lipinski definition) is 3. The fraction of sp³-hybridized carbons (Fsp3) is 0.625. The highest BCUT2D eigenvalue weighted by molar-refractivity contribution is 5.79. The Labute approximate surface area is 127 Å². The standard InChI is InChI=1S/C16H27N5/c1-3-21-11-8-14(13-21)12-20-16(17-2)19-10-7-15-6-4-5-9-18-15/h4-6,9,14H,3,7-8,10-13H2,1-2H3,(H2,17,19,20). The van der Waals surface area contributed by atoms with Crippen molar-refractivity contribution in [3.63, 3.8) is 0 Å². The average Bonchev–Trinajstić information content (AvgIpc) is 3.00. The van der Waals surface area contributed by atoms with E-state index >= 15 is 0 Å². The molecule has 1 aliphatic heterocycles. The number of guanidine groups is 1. The largest absolute Gasteiger partial charge is 0.356 e. The summed E-state index contributed by atoms with van der Waals surface area (Å²) in [5.41, 5.74) is 1.11. The van der Waals surface area contributed by atoms with E-state index in [1.807, 2.05) is 25.4 Å². The Morgan fingerprint density at radius 2 is 2.33 bits per heavy atom. The van der Waals surface area contributed by atoms with E-state index in [1.54, 1.807) is 0 Å². The molecule has 2 N–H and O–H groups in total. The van der Waals surface area contributed by atoms with Crippen LogP contribution in [0, 0.1) is 5.92 Å². The Kier molecular flexibility index (Phi) is 6.47. The number of aliphatic imine (C=N–C) groups is 1. The molecule has 1 aliphatic rings. The second-order valence-electron chi connectivity index (χ2n) is 5.50. The Morgan fingerprint density at radius 1 is 1.43 bits per heavy atom. The van der Waals surface area contributed by atoms with E-state index in [-0.39, 0.29) is 0 Å². The lowest BCUT2D eigenvalue weighted by atomic mass is 10.1. The number of rotatable bonds is 6. The second-order valence-corrected chi connectivity index (χ2v) is 5.50. The van der Waals surface area contributed by atoms with Gasteiger partial charge in [0, 0.05) is 45.0 Å². The normalized spacial score (nSPS) is 19.7. The summed E-state index contributed by atoms with van der Waals surface area (Å²) in [5, 5.41) is 6.79. The van der Waals surface area contributed by atoms with Crippen LogP contribution in [0.15, 0.2) is 29.4 Å². The van der Waals surface area contributed by atoms with Gasteiger partial charge in [0.25, 0.3) is 0 Å². The number of likely N-dealkylation sites (tertiary alicyclic amines) is 1. The molecule has 1 unspecified atom stereocenters. The Hall–Kier alpha value is -1.62. The third-order valence-corrected chi connectivity index (χ3v) is 4.00. The van der Waals surface area contributed by atoms with Crippen LogP contribution in [0.3, 0.4) is 0 Å². The molecule has 2 rings (SSSR count). The fourth-order valence-electron chi connectivity index (χ4n) is 2.68. The zero-order valence-electron chi connectivity index (χ0n) is 13.2. The fourth-order valence-corrected chi connectivity index (χ4v) is 2.68. The monoisotopic (exact) mass is 289 g/mol. The van der Waals surface area contributed by atoms with Crippen LogP contribution in [0.2, 0.25) is 0 Å². The van der Waals surface area contributed by atoms with Gasteiger partial charge in [0.1, 0.15) is 0 Å². The van der Waals surface area contributed by atoms with E-state index in [0.717, 1.165) is 43.6 Å². The van der Waals surface area contributed by atoms with Gasteiger partial charge in [-0.25, -0.2) is 0 Å². The van der Waals surface area contributed by atoms with Crippen LogP contribution in [0.4, 0.5) is 0 Å². The molecule has 116 valence electrons. The molecule has 0 saturated carbocycles. The van der Waals surface area contributed by atoms with Gasteiger partial charge in [-0.3, -0.25) is 9.98 Å². The number of pyridine rings is 1. The molecule has 0 aromatic carbocycles. The van der Waals surface area contributed by atoms with Crippen molar-refractivity contribution in [2.24, 2.45) is 10.9 Å². The first-order chi connectivity index (χ1) is 10.3. The van der Waals surface area contributed by atoms with Gasteiger partial charge in [-0.15, -0.1) is 0 Å². The molecule has 5 nitrogen and oxygen atoms in total. The van der Waals surface area contributed by atoms with Crippen LogP contribution in [0.5, 0.6) is 0 Å². The van der Waals surface area contributed by atoms with Crippen molar-refractivity contribution in [3.8, 4) is 0 Å².